The third-order valence-electron chi connectivity index (χ3n) is 21.9. The Balaban J connectivity index is 0.770. The van der Waals surface area contributed by atoms with Crippen molar-refractivity contribution in [2.75, 3.05) is 90.7 Å². The predicted octanol–water partition coefficient (Wildman–Crippen LogP) is -1.75. The van der Waals surface area contributed by atoms with E-state index in [9.17, 15) is 74.7 Å². The van der Waals surface area contributed by atoms with Crippen LogP contribution in [0.15, 0.2) is 54.7 Å². The second-order valence-corrected chi connectivity index (χ2v) is 30.3. The van der Waals surface area contributed by atoms with Crippen LogP contribution in [0.1, 0.15) is 80.5 Å². The van der Waals surface area contributed by atoms with Crippen LogP contribution >= 0.6 is 21.6 Å². The zero-order chi connectivity index (χ0) is 74.3. The van der Waals surface area contributed by atoms with Gasteiger partial charge in [-0.2, -0.15) is 0 Å². The molecule has 8 heterocycles. The number of piperidine rings is 1. The number of aliphatic hydroxyl groups excluding tert-OH is 4. The molecule has 103 heavy (non-hydrogen) atoms. The topological polar surface area (TPSA) is 481 Å². The number of aliphatic carboxylic acids is 3. The monoisotopic (exact) mass is 1480 g/mol. The molecule has 562 valence electrons. The summed E-state index contributed by atoms with van der Waals surface area (Å²) in [5.74, 6) is -8.21. The molecule has 2 aromatic carbocycles. The Kier molecular flexibility index (Phi) is 22.8. The molecule has 2 bridgehead atoms. The second-order valence-electron chi connectivity index (χ2n) is 27.6. The van der Waals surface area contributed by atoms with E-state index >= 15 is 9.59 Å². The number of aliphatic hydroxyl groups is 6. The molecule has 4 amide bonds. The van der Waals surface area contributed by atoms with E-state index in [0.29, 0.717) is 86.7 Å². The maximum atomic E-state index is 15.6. The number of para-hydroxylation sites is 1. The van der Waals surface area contributed by atoms with Crippen LogP contribution in [0.2, 0.25) is 0 Å². The molecule has 4 unspecified atom stereocenters. The van der Waals surface area contributed by atoms with Crippen LogP contribution in [0.5, 0.6) is 5.75 Å². The van der Waals surface area contributed by atoms with Crippen molar-refractivity contribution < 1.29 is 108 Å². The number of aromatic nitrogens is 4. The van der Waals surface area contributed by atoms with Gasteiger partial charge in [-0.25, -0.2) is 24.5 Å². The first-order valence-electron chi connectivity index (χ1n) is 34.1. The summed E-state index contributed by atoms with van der Waals surface area (Å²) in [6.07, 6.45) is -5.83. The number of aromatic amines is 1. The lowest BCUT2D eigenvalue weighted by atomic mass is 9.47. The van der Waals surface area contributed by atoms with Crippen molar-refractivity contribution >= 4 is 85.9 Å². The number of carbonyl (C=O) groups is 8. The van der Waals surface area contributed by atoms with Crippen LogP contribution in [0, 0.1) is 11.3 Å². The number of H-pyrrole nitrogens is 1. The highest BCUT2D eigenvalue weighted by Gasteiger charge is 2.79. The van der Waals surface area contributed by atoms with E-state index in [-0.39, 0.29) is 55.7 Å². The average Bonchev–Trinajstić information content (AvgIpc) is 1.50. The van der Waals surface area contributed by atoms with E-state index in [1.807, 2.05) is 62.4 Å². The summed E-state index contributed by atoms with van der Waals surface area (Å²) in [6, 6.07) is 5.50. The SMILES string of the molecule is CC[C@]1(O)C[C@H]2CN(CCc3c([nH]c4ccccc34)[C@@](C(=O)OC)(c3cc4c(cc3OC)N(C)[C@H]3[C@@](O)(C(=O)NNC(=O)OCCSSC[C@H](NC(=O)[C@H](Cc5cn(CCOC6OC(C(=O)O)C(O)[C@H](O)[C@H]6O)nn5)NC(=O)[C@H](CC(=O)O)NC)C(=O)O)[C@H](O)[C@]5(CC)C=CCN6CC[C@]43[C@@H]65)C2)C1. The minimum Gasteiger partial charge on any atom is -0.496 e. The van der Waals surface area contributed by atoms with E-state index in [0.717, 1.165) is 38.1 Å². The van der Waals surface area contributed by atoms with Gasteiger partial charge in [0.15, 0.2) is 18.0 Å². The van der Waals surface area contributed by atoms with Crippen LogP contribution in [0.4, 0.5) is 10.5 Å². The van der Waals surface area contributed by atoms with Crippen LogP contribution < -0.4 is 36.4 Å². The van der Waals surface area contributed by atoms with E-state index in [2.05, 4.69) is 51.9 Å². The summed E-state index contributed by atoms with van der Waals surface area (Å²) in [7, 11) is 7.95. The number of rotatable bonds is 27. The molecule has 11 rings (SSSR count). The lowest BCUT2D eigenvalue weighted by molar-refractivity contribution is -0.294. The van der Waals surface area contributed by atoms with Gasteiger partial charge >= 0.3 is 30.0 Å². The van der Waals surface area contributed by atoms with E-state index < -0.39 is 155 Å². The number of fused-ring (bicyclic) bond motifs is 6. The molecule has 18 atom stereocenters. The Bertz CT molecular complexity index is 3900. The Morgan fingerprint density at radius 3 is 2.31 bits per heavy atom. The summed E-state index contributed by atoms with van der Waals surface area (Å²) in [5, 5.41) is 115. The highest BCUT2D eigenvalue weighted by molar-refractivity contribution is 8.76. The molecule has 1 saturated carbocycles. The maximum Gasteiger partial charge on any atom is 0.426 e. The van der Waals surface area contributed by atoms with Crippen molar-refractivity contribution in [2.45, 2.75) is 161 Å². The highest BCUT2D eigenvalue weighted by Crippen LogP contribution is 2.68. The molecule has 3 saturated heterocycles. The molecule has 0 radical (unpaired) electrons. The van der Waals surface area contributed by atoms with Gasteiger partial charge in [-0.1, -0.05) is 71.0 Å². The first kappa shape index (κ1) is 76.4. The number of hydrogen-bond donors (Lipinski definition) is 15. The zero-order valence-electron chi connectivity index (χ0n) is 57.7. The average molecular weight is 1480 g/mol. The number of carboxylic acid groups (broad SMARTS) is 3. The number of methoxy groups -OCH3 is 2. The van der Waals surface area contributed by atoms with Crippen molar-refractivity contribution in [3.8, 4) is 5.75 Å². The zero-order valence-corrected chi connectivity index (χ0v) is 59.3. The smallest absolute Gasteiger partial charge is 0.426 e. The summed E-state index contributed by atoms with van der Waals surface area (Å²) in [4.78, 5) is 117. The molecule has 4 fully saturated rings. The standard InChI is InChI=1S/C67H90N12O22S2/c1-7-63(95)28-34-29-66(61(93)98-6,51-37(14-18-77(30-34)33-63)36-12-9-10-13-40(36)69-51)39-25-38-44(27-45(39)97-5)76(4)58-65(38)16-19-78-17-11-15-64(8-2,57(65)78)59(91)67(58,96)60(92)73-74-62(94)100-22-23-102-103-32-43(54(87)88)71-53(86)42(70-52(85)41(68-3)26-46(80)81)24-35-31-79(75-72-35)20-21-99-56-49(84)47(82)48(83)50(101-56)55(89)90/h9-13,15,25,27,31,34,41-43,47-50,56-59,68-69,82-84,91,95-96H,7-8,14,16-24,26,28-30,32-33H2,1-6H3,(H,70,85)(H,71,86)(H,73,92)(H,74,94)(H,80,81)(H,87,88)(H,89,90)/t34-,41+,42+,43+,47+,48?,49-,50?,56?,57+,58-,59-,63+,64-,65-,66+,67+/m1/s1. The summed E-state index contributed by atoms with van der Waals surface area (Å²) in [6.45, 7) is 5.81. The lowest BCUT2D eigenvalue weighted by Crippen LogP contribution is -2.82. The number of esters is 1. The van der Waals surface area contributed by atoms with Gasteiger partial charge < -0.3 is 95.5 Å². The number of nitrogens with one attached hydrogen (secondary N) is 6. The molecular formula is C67H90N12O22S2. The van der Waals surface area contributed by atoms with E-state index in [1.165, 1.54) is 32.1 Å². The number of hydrogen-bond acceptors (Lipinski definition) is 27. The Labute approximate surface area is 599 Å². The number of hydrazine groups is 1. The third kappa shape index (κ3) is 14.0. The Morgan fingerprint density at radius 1 is 0.864 bits per heavy atom. The van der Waals surface area contributed by atoms with Crippen LogP contribution in [0.25, 0.3) is 10.9 Å². The van der Waals surface area contributed by atoms with Crippen molar-refractivity contribution in [1.82, 2.24) is 56.6 Å². The quantitative estimate of drug-likeness (QED) is 0.0103. The molecule has 34 nitrogen and oxygen atoms in total. The molecular weight excluding hydrogens is 1390 g/mol. The van der Waals surface area contributed by atoms with Gasteiger partial charge in [0.25, 0.3) is 5.91 Å². The molecule has 2 aromatic heterocycles. The van der Waals surface area contributed by atoms with Crippen molar-refractivity contribution in [3.05, 3.63) is 82.8 Å². The normalized spacial score (nSPS) is 31.4. The Hall–Kier alpha value is -7.72. The minimum absolute atomic E-state index is 0.0345. The van der Waals surface area contributed by atoms with Gasteiger partial charge in [0.2, 0.25) is 11.8 Å². The fraction of sp³-hybridized carbons (Fsp3) is 0.612. The molecule has 15 N–H and O–H groups in total. The fourth-order valence-electron chi connectivity index (χ4n) is 17.2. The molecule has 36 heteroatoms. The molecule has 1 aliphatic carbocycles. The predicted molar refractivity (Wildman–Crippen MR) is 367 cm³/mol. The van der Waals surface area contributed by atoms with Gasteiger partial charge in [0.1, 0.15) is 54.3 Å². The van der Waals surface area contributed by atoms with Gasteiger partial charge in [-0.05, 0) is 81.3 Å². The number of anilines is 1. The van der Waals surface area contributed by atoms with Crippen molar-refractivity contribution in [1.29, 1.82) is 0 Å². The van der Waals surface area contributed by atoms with Crippen LogP contribution in [-0.2, 0) is 82.7 Å². The van der Waals surface area contributed by atoms with E-state index in [1.54, 1.807) is 11.9 Å². The van der Waals surface area contributed by atoms with Gasteiger partial charge in [-0.15, -0.1) is 5.10 Å². The van der Waals surface area contributed by atoms with Crippen LogP contribution in [-0.4, -0.2) is 287 Å². The summed E-state index contributed by atoms with van der Waals surface area (Å²) in [5.41, 5.74) is 1.11. The summed E-state index contributed by atoms with van der Waals surface area (Å²) < 4.78 is 29.5. The number of ether oxygens (including phenoxy) is 5. The minimum atomic E-state index is -2.69. The number of likely N-dealkylation sites (N-methyl/N-ethyl adjacent to an activating group) is 2. The van der Waals surface area contributed by atoms with Gasteiger partial charge in [0, 0.05) is 108 Å². The van der Waals surface area contributed by atoms with Crippen molar-refractivity contribution in [2.24, 2.45) is 11.3 Å². The largest absolute Gasteiger partial charge is 0.496 e. The fourth-order valence-corrected chi connectivity index (χ4v) is 19.2. The molecule has 7 aliphatic rings. The summed E-state index contributed by atoms with van der Waals surface area (Å²) >= 11 is 0. The third-order valence-corrected chi connectivity index (χ3v) is 24.3. The first-order chi connectivity index (χ1) is 49.1. The second kappa shape index (κ2) is 30.8. The number of carboxylic acids is 3. The number of nitrogens with zero attached hydrogens (tertiary/aromatic N) is 6. The van der Waals surface area contributed by atoms with Crippen LogP contribution in [0.3, 0.4) is 0 Å². The molecule has 1 spiro atoms. The maximum absolute atomic E-state index is 15.6. The number of carbonyl (C=O) groups excluding carboxylic acids is 5. The van der Waals surface area contributed by atoms with E-state index in [4.69, 9.17) is 23.7 Å². The first-order valence-corrected chi connectivity index (χ1v) is 36.6. The van der Waals surface area contributed by atoms with Gasteiger partial charge in [-0.3, -0.25) is 39.2 Å². The van der Waals surface area contributed by atoms with Crippen molar-refractivity contribution in [3.63, 3.8) is 0 Å². The molecule has 6 aliphatic heterocycles. The number of amides is 4. The number of benzene rings is 2. The highest BCUT2D eigenvalue weighted by atomic mass is 33.1. The Morgan fingerprint density at radius 2 is 1.61 bits per heavy atom. The lowest BCUT2D eigenvalue weighted by Gasteiger charge is -2.63. The molecule has 4 aromatic rings. The van der Waals surface area contributed by atoms with Gasteiger partial charge in [0.05, 0.1) is 57.2 Å².